The van der Waals surface area contributed by atoms with Crippen LogP contribution < -0.4 is 10.5 Å². The third-order valence-corrected chi connectivity index (χ3v) is 3.03. The molecule has 0 fully saturated rings. The first-order valence-electron chi connectivity index (χ1n) is 6.07. The molecule has 0 spiro atoms. The van der Waals surface area contributed by atoms with Gasteiger partial charge in [-0.2, -0.15) is 0 Å². The van der Waals surface area contributed by atoms with Crippen molar-refractivity contribution in [2.24, 2.45) is 10.9 Å². The normalized spacial score (nSPS) is 11.6. The van der Waals surface area contributed by atoms with Gasteiger partial charge in [-0.3, -0.25) is 0 Å². The predicted molar refractivity (Wildman–Crippen MR) is 76.3 cm³/mol. The van der Waals surface area contributed by atoms with Gasteiger partial charge in [0.25, 0.3) is 0 Å². The van der Waals surface area contributed by atoms with E-state index in [-0.39, 0.29) is 5.84 Å². The smallest absolute Gasteiger partial charge is 0.175 e. The van der Waals surface area contributed by atoms with Gasteiger partial charge in [0.2, 0.25) is 0 Å². The van der Waals surface area contributed by atoms with Crippen LogP contribution in [0.1, 0.15) is 12.0 Å². The zero-order valence-corrected chi connectivity index (χ0v) is 11.5. The van der Waals surface area contributed by atoms with Crippen LogP contribution in [-0.4, -0.2) is 27.2 Å². The van der Waals surface area contributed by atoms with E-state index in [4.69, 9.17) is 27.3 Å². The number of rotatable bonds is 6. The van der Waals surface area contributed by atoms with Crippen molar-refractivity contribution in [1.82, 2.24) is 9.55 Å². The molecule has 0 bridgehead atoms. The molecule has 0 aliphatic rings. The fourth-order valence-corrected chi connectivity index (χ4v) is 2.03. The van der Waals surface area contributed by atoms with Gasteiger partial charge in [0, 0.05) is 18.9 Å². The minimum absolute atomic E-state index is 0.0693. The van der Waals surface area contributed by atoms with Gasteiger partial charge in [0.05, 0.1) is 23.5 Å². The van der Waals surface area contributed by atoms with Crippen LogP contribution in [0.4, 0.5) is 0 Å². The summed E-state index contributed by atoms with van der Waals surface area (Å²) in [5.41, 5.74) is 6.00. The largest absolute Gasteiger partial charge is 0.493 e. The van der Waals surface area contributed by atoms with Crippen LogP contribution in [0.2, 0.25) is 5.02 Å². The SMILES string of the molecule is N/C(=N/O)c1c(Cl)cccc1OCCCn1ccnc1. The Kier molecular flexibility index (Phi) is 4.84. The molecule has 0 aliphatic carbocycles. The summed E-state index contributed by atoms with van der Waals surface area (Å²) in [6.45, 7) is 1.30. The fourth-order valence-electron chi connectivity index (χ4n) is 1.77. The van der Waals surface area contributed by atoms with Crippen LogP contribution >= 0.6 is 11.6 Å². The van der Waals surface area contributed by atoms with Crippen LogP contribution in [0.5, 0.6) is 5.75 Å². The number of imidazole rings is 1. The molecule has 2 rings (SSSR count). The van der Waals surface area contributed by atoms with Crippen molar-refractivity contribution in [3.63, 3.8) is 0 Å². The molecule has 20 heavy (non-hydrogen) atoms. The van der Waals surface area contributed by atoms with E-state index < -0.39 is 0 Å². The number of nitrogens with zero attached hydrogens (tertiary/aromatic N) is 3. The van der Waals surface area contributed by atoms with E-state index in [1.807, 2.05) is 10.8 Å². The summed E-state index contributed by atoms with van der Waals surface area (Å²) in [5.74, 6) is 0.429. The van der Waals surface area contributed by atoms with E-state index >= 15 is 0 Å². The summed E-state index contributed by atoms with van der Waals surface area (Å²) in [7, 11) is 0. The molecule has 1 aromatic heterocycles. The fraction of sp³-hybridized carbons (Fsp3) is 0.231. The van der Waals surface area contributed by atoms with Crippen molar-refractivity contribution < 1.29 is 9.94 Å². The van der Waals surface area contributed by atoms with Crippen molar-refractivity contribution in [1.29, 1.82) is 0 Å². The number of benzene rings is 1. The lowest BCUT2D eigenvalue weighted by molar-refractivity contribution is 0.299. The molecule has 1 heterocycles. The van der Waals surface area contributed by atoms with Gasteiger partial charge < -0.3 is 20.2 Å². The zero-order valence-electron chi connectivity index (χ0n) is 10.7. The van der Waals surface area contributed by atoms with Crippen molar-refractivity contribution in [2.75, 3.05) is 6.61 Å². The Morgan fingerprint density at radius 1 is 1.50 bits per heavy atom. The van der Waals surface area contributed by atoms with Crippen molar-refractivity contribution >= 4 is 17.4 Å². The Bertz CT molecular complexity index is 584. The third-order valence-electron chi connectivity index (χ3n) is 2.72. The topological polar surface area (TPSA) is 85.7 Å². The molecular formula is C13H15ClN4O2. The molecule has 7 heteroatoms. The summed E-state index contributed by atoms with van der Waals surface area (Å²) in [5, 5.41) is 12.1. The standard InChI is InChI=1S/C13H15ClN4O2/c14-10-3-1-4-11(12(10)13(15)17-19)20-8-2-6-18-7-5-16-9-18/h1,3-5,7,9,19H,2,6,8H2,(H2,15,17). The molecule has 0 saturated carbocycles. The van der Waals surface area contributed by atoms with E-state index in [1.165, 1.54) is 0 Å². The highest BCUT2D eigenvalue weighted by molar-refractivity contribution is 6.34. The molecule has 106 valence electrons. The molecule has 0 unspecified atom stereocenters. The molecule has 0 aliphatic heterocycles. The van der Waals surface area contributed by atoms with Crippen LogP contribution in [0.3, 0.4) is 0 Å². The number of aryl methyl sites for hydroxylation is 1. The summed E-state index contributed by atoms with van der Waals surface area (Å²) in [6, 6.07) is 5.14. The lowest BCUT2D eigenvalue weighted by Gasteiger charge is -2.12. The number of ether oxygens (including phenoxy) is 1. The Labute approximate surface area is 121 Å². The Morgan fingerprint density at radius 3 is 3.05 bits per heavy atom. The van der Waals surface area contributed by atoms with Gasteiger partial charge in [-0.25, -0.2) is 4.98 Å². The van der Waals surface area contributed by atoms with Gasteiger partial charge in [-0.05, 0) is 18.6 Å². The Morgan fingerprint density at radius 2 is 2.35 bits per heavy atom. The number of amidine groups is 1. The van der Waals surface area contributed by atoms with E-state index in [1.54, 1.807) is 30.7 Å². The van der Waals surface area contributed by atoms with Crippen LogP contribution in [0, 0.1) is 0 Å². The van der Waals surface area contributed by atoms with E-state index in [2.05, 4.69) is 10.1 Å². The summed E-state index contributed by atoms with van der Waals surface area (Å²) >= 11 is 6.03. The van der Waals surface area contributed by atoms with Crippen molar-refractivity contribution in [2.45, 2.75) is 13.0 Å². The number of hydrogen-bond acceptors (Lipinski definition) is 4. The second kappa shape index (κ2) is 6.81. The van der Waals surface area contributed by atoms with Gasteiger partial charge in [-0.1, -0.05) is 22.8 Å². The van der Waals surface area contributed by atoms with E-state index in [0.717, 1.165) is 13.0 Å². The Hall–Kier alpha value is -2.21. The quantitative estimate of drug-likeness (QED) is 0.281. The average Bonchev–Trinajstić information content (AvgIpc) is 2.96. The maximum Gasteiger partial charge on any atom is 0.175 e. The Balaban J connectivity index is 1.97. The first kappa shape index (κ1) is 14.2. The number of nitrogens with two attached hydrogens (primary N) is 1. The van der Waals surface area contributed by atoms with Crippen LogP contribution in [0.25, 0.3) is 0 Å². The number of halogens is 1. The van der Waals surface area contributed by atoms with Gasteiger partial charge in [-0.15, -0.1) is 0 Å². The van der Waals surface area contributed by atoms with E-state index in [9.17, 15) is 0 Å². The monoisotopic (exact) mass is 294 g/mol. The summed E-state index contributed by atoms with van der Waals surface area (Å²) in [6.07, 6.45) is 6.18. The maximum atomic E-state index is 8.77. The molecule has 3 N–H and O–H groups in total. The molecule has 6 nitrogen and oxygen atoms in total. The van der Waals surface area contributed by atoms with Crippen molar-refractivity contribution in [3.8, 4) is 5.75 Å². The second-order valence-electron chi connectivity index (χ2n) is 4.10. The molecule has 0 radical (unpaired) electrons. The minimum atomic E-state index is -0.0693. The van der Waals surface area contributed by atoms with Crippen LogP contribution in [0.15, 0.2) is 42.1 Å². The number of oxime groups is 1. The lowest BCUT2D eigenvalue weighted by Crippen LogP contribution is -2.16. The van der Waals surface area contributed by atoms with E-state index in [0.29, 0.717) is 22.9 Å². The van der Waals surface area contributed by atoms with Crippen LogP contribution in [-0.2, 0) is 6.54 Å². The van der Waals surface area contributed by atoms with Gasteiger partial charge >= 0.3 is 0 Å². The number of aromatic nitrogens is 2. The number of hydrogen-bond donors (Lipinski definition) is 2. The molecule has 0 atom stereocenters. The highest BCUT2D eigenvalue weighted by Gasteiger charge is 2.12. The second-order valence-corrected chi connectivity index (χ2v) is 4.51. The van der Waals surface area contributed by atoms with Gasteiger partial charge in [0.1, 0.15) is 5.75 Å². The first-order chi connectivity index (χ1) is 9.72. The molecule has 2 aromatic rings. The first-order valence-corrected chi connectivity index (χ1v) is 6.45. The average molecular weight is 295 g/mol. The summed E-state index contributed by atoms with van der Waals surface area (Å²) in [4.78, 5) is 3.96. The molecule has 0 saturated heterocycles. The maximum absolute atomic E-state index is 8.77. The van der Waals surface area contributed by atoms with Gasteiger partial charge in [0.15, 0.2) is 5.84 Å². The van der Waals surface area contributed by atoms with Crippen molar-refractivity contribution in [3.05, 3.63) is 47.5 Å². The predicted octanol–water partition coefficient (Wildman–Crippen LogP) is 2.10. The molecular weight excluding hydrogens is 280 g/mol. The summed E-state index contributed by atoms with van der Waals surface area (Å²) < 4.78 is 7.61. The highest BCUT2D eigenvalue weighted by Crippen LogP contribution is 2.26. The molecule has 1 aromatic carbocycles. The molecule has 0 amide bonds. The minimum Gasteiger partial charge on any atom is -0.493 e. The highest BCUT2D eigenvalue weighted by atomic mass is 35.5. The third kappa shape index (κ3) is 3.42. The zero-order chi connectivity index (χ0) is 14.4. The lowest BCUT2D eigenvalue weighted by atomic mass is 10.2.